The van der Waals surface area contributed by atoms with Crippen molar-refractivity contribution in [3.63, 3.8) is 0 Å². The zero-order valence-corrected chi connectivity index (χ0v) is 15.9. The van der Waals surface area contributed by atoms with E-state index in [4.69, 9.17) is 9.47 Å². The summed E-state index contributed by atoms with van der Waals surface area (Å²) in [5, 5.41) is 7.85. The van der Waals surface area contributed by atoms with Gasteiger partial charge in [-0.3, -0.25) is 4.99 Å². The Hall–Kier alpha value is -1.18. The van der Waals surface area contributed by atoms with Crippen LogP contribution in [0.1, 0.15) is 35.3 Å². The zero-order valence-electron chi connectivity index (χ0n) is 15.1. The highest BCUT2D eigenvalue weighted by atomic mass is 32.1. The Morgan fingerprint density at radius 3 is 2.92 bits per heavy atom. The first-order valence-corrected chi connectivity index (χ1v) is 9.63. The lowest BCUT2D eigenvalue weighted by atomic mass is 10.3. The molecule has 2 heterocycles. The SMILES string of the molecule is CCc1nc(CCNC(=NC)NCCCOC2CCOC2)sc1C. The van der Waals surface area contributed by atoms with Gasteiger partial charge >= 0.3 is 0 Å². The van der Waals surface area contributed by atoms with Crippen LogP contribution in [0.25, 0.3) is 0 Å². The molecule has 0 radical (unpaired) electrons. The molecule has 1 aliphatic rings. The maximum absolute atomic E-state index is 5.75. The molecule has 0 aliphatic carbocycles. The first-order chi connectivity index (χ1) is 11.7. The molecule has 136 valence electrons. The first kappa shape index (κ1) is 19.1. The number of nitrogens with zero attached hydrogens (tertiary/aromatic N) is 2. The van der Waals surface area contributed by atoms with Gasteiger partial charge in [-0.25, -0.2) is 4.98 Å². The third kappa shape index (κ3) is 6.37. The molecule has 1 atom stereocenters. The van der Waals surface area contributed by atoms with Gasteiger partial charge < -0.3 is 20.1 Å². The lowest BCUT2D eigenvalue weighted by Gasteiger charge is -2.12. The molecule has 1 aromatic heterocycles. The Morgan fingerprint density at radius 2 is 2.25 bits per heavy atom. The number of ether oxygens (including phenoxy) is 2. The van der Waals surface area contributed by atoms with Gasteiger partial charge in [0.05, 0.1) is 23.4 Å². The second kappa shape index (κ2) is 10.6. The fraction of sp³-hybridized carbons (Fsp3) is 0.765. The van der Waals surface area contributed by atoms with E-state index in [1.165, 1.54) is 15.6 Å². The van der Waals surface area contributed by atoms with Crippen molar-refractivity contribution in [2.45, 2.75) is 45.6 Å². The van der Waals surface area contributed by atoms with Gasteiger partial charge in [-0.2, -0.15) is 0 Å². The van der Waals surface area contributed by atoms with E-state index < -0.39 is 0 Å². The van der Waals surface area contributed by atoms with Crippen LogP contribution < -0.4 is 10.6 Å². The van der Waals surface area contributed by atoms with Crippen LogP contribution in [0.4, 0.5) is 0 Å². The van der Waals surface area contributed by atoms with Gasteiger partial charge in [-0.1, -0.05) is 6.92 Å². The molecule has 6 nitrogen and oxygen atoms in total. The number of hydrogen-bond donors (Lipinski definition) is 2. The number of aryl methyl sites for hydroxylation is 2. The lowest BCUT2D eigenvalue weighted by Crippen LogP contribution is -2.39. The normalized spacial score (nSPS) is 18.1. The Bertz CT molecular complexity index is 513. The van der Waals surface area contributed by atoms with Crippen molar-refractivity contribution < 1.29 is 9.47 Å². The molecule has 2 N–H and O–H groups in total. The van der Waals surface area contributed by atoms with E-state index in [-0.39, 0.29) is 6.10 Å². The smallest absolute Gasteiger partial charge is 0.190 e. The summed E-state index contributed by atoms with van der Waals surface area (Å²) in [7, 11) is 1.80. The van der Waals surface area contributed by atoms with E-state index in [2.05, 4.69) is 34.5 Å². The van der Waals surface area contributed by atoms with Crippen LogP contribution in [0, 0.1) is 6.92 Å². The largest absolute Gasteiger partial charge is 0.379 e. The molecule has 24 heavy (non-hydrogen) atoms. The highest BCUT2D eigenvalue weighted by molar-refractivity contribution is 7.11. The van der Waals surface area contributed by atoms with Crippen LogP contribution in [0.5, 0.6) is 0 Å². The number of hydrogen-bond acceptors (Lipinski definition) is 5. The summed E-state index contributed by atoms with van der Waals surface area (Å²) in [5.41, 5.74) is 1.23. The van der Waals surface area contributed by atoms with Crippen molar-refractivity contribution in [1.82, 2.24) is 15.6 Å². The van der Waals surface area contributed by atoms with Crippen molar-refractivity contribution in [3.8, 4) is 0 Å². The van der Waals surface area contributed by atoms with E-state index >= 15 is 0 Å². The summed E-state index contributed by atoms with van der Waals surface area (Å²) in [6, 6.07) is 0. The quantitative estimate of drug-likeness (QED) is 0.403. The number of nitrogens with one attached hydrogen (secondary N) is 2. The van der Waals surface area contributed by atoms with Crippen LogP contribution in [0.3, 0.4) is 0 Å². The molecular formula is C17H30N4O2S. The molecule has 0 amide bonds. The van der Waals surface area contributed by atoms with E-state index in [9.17, 15) is 0 Å². The number of aromatic nitrogens is 1. The minimum Gasteiger partial charge on any atom is -0.379 e. The number of aliphatic imine (C=N–C) groups is 1. The molecule has 2 rings (SSSR count). The van der Waals surface area contributed by atoms with Gasteiger partial charge in [0.15, 0.2) is 5.96 Å². The lowest BCUT2D eigenvalue weighted by molar-refractivity contribution is 0.0420. The number of rotatable bonds is 9. The highest BCUT2D eigenvalue weighted by Crippen LogP contribution is 2.17. The third-order valence-electron chi connectivity index (χ3n) is 3.98. The summed E-state index contributed by atoms with van der Waals surface area (Å²) in [4.78, 5) is 10.3. The fourth-order valence-corrected chi connectivity index (χ4v) is 3.63. The van der Waals surface area contributed by atoms with Gasteiger partial charge in [-0.15, -0.1) is 11.3 Å². The summed E-state index contributed by atoms with van der Waals surface area (Å²) in [6.45, 7) is 8.32. The van der Waals surface area contributed by atoms with Crippen molar-refractivity contribution in [2.24, 2.45) is 4.99 Å². The predicted molar refractivity (Wildman–Crippen MR) is 99.1 cm³/mol. The molecule has 1 fully saturated rings. The molecule has 0 spiro atoms. The van der Waals surface area contributed by atoms with Crippen LogP contribution in [0.15, 0.2) is 4.99 Å². The zero-order chi connectivity index (χ0) is 17.2. The third-order valence-corrected chi connectivity index (χ3v) is 5.05. The summed E-state index contributed by atoms with van der Waals surface area (Å²) >= 11 is 1.80. The minimum absolute atomic E-state index is 0.289. The summed E-state index contributed by atoms with van der Waals surface area (Å²) < 4.78 is 11.0. The van der Waals surface area contributed by atoms with E-state index in [0.717, 1.165) is 64.6 Å². The van der Waals surface area contributed by atoms with Gasteiger partial charge in [-0.05, 0) is 26.2 Å². The van der Waals surface area contributed by atoms with Gasteiger partial charge in [0.1, 0.15) is 0 Å². The Morgan fingerprint density at radius 1 is 1.42 bits per heavy atom. The molecule has 0 saturated carbocycles. The Labute approximate surface area is 149 Å². The average Bonchev–Trinajstić information content (AvgIpc) is 3.22. The van der Waals surface area contributed by atoms with Crippen LogP contribution in [-0.2, 0) is 22.3 Å². The molecule has 7 heteroatoms. The van der Waals surface area contributed by atoms with Crippen LogP contribution in [0.2, 0.25) is 0 Å². The molecule has 1 saturated heterocycles. The first-order valence-electron chi connectivity index (χ1n) is 8.82. The second-order valence-corrected chi connectivity index (χ2v) is 7.14. The Kier molecular flexibility index (Phi) is 8.49. The van der Waals surface area contributed by atoms with Gasteiger partial charge in [0, 0.05) is 44.6 Å². The van der Waals surface area contributed by atoms with E-state index in [1.54, 1.807) is 18.4 Å². The maximum atomic E-state index is 5.75. The minimum atomic E-state index is 0.289. The molecule has 1 unspecified atom stereocenters. The van der Waals surface area contributed by atoms with Crippen LogP contribution in [-0.4, -0.2) is 57.0 Å². The second-order valence-electron chi connectivity index (χ2n) is 5.85. The molecular weight excluding hydrogens is 324 g/mol. The number of guanidine groups is 1. The summed E-state index contributed by atoms with van der Waals surface area (Å²) in [5.74, 6) is 0.836. The van der Waals surface area contributed by atoms with E-state index in [1.807, 2.05) is 0 Å². The number of thiazole rings is 1. The topological polar surface area (TPSA) is 67.8 Å². The van der Waals surface area contributed by atoms with Crippen molar-refractivity contribution in [2.75, 3.05) is 40.0 Å². The van der Waals surface area contributed by atoms with Gasteiger partial charge in [0.25, 0.3) is 0 Å². The molecule has 0 bridgehead atoms. The maximum Gasteiger partial charge on any atom is 0.190 e. The van der Waals surface area contributed by atoms with Gasteiger partial charge in [0.2, 0.25) is 0 Å². The van der Waals surface area contributed by atoms with Crippen molar-refractivity contribution >= 4 is 17.3 Å². The Balaban J connectivity index is 1.56. The van der Waals surface area contributed by atoms with Crippen molar-refractivity contribution in [3.05, 3.63) is 15.6 Å². The monoisotopic (exact) mass is 354 g/mol. The predicted octanol–water partition coefficient (Wildman–Crippen LogP) is 1.92. The van der Waals surface area contributed by atoms with Crippen molar-refractivity contribution in [1.29, 1.82) is 0 Å². The standard InChI is InChI=1S/C17H30N4O2S/c1-4-15-13(2)24-16(21-15)6-9-20-17(18-3)19-8-5-10-23-14-7-11-22-12-14/h14H,4-12H2,1-3H3,(H2,18,19,20). The summed E-state index contributed by atoms with van der Waals surface area (Å²) in [6.07, 6.45) is 4.21. The molecule has 1 aliphatic heterocycles. The fourth-order valence-electron chi connectivity index (χ4n) is 2.60. The molecule has 0 aromatic carbocycles. The van der Waals surface area contributed by atoms with E-state index in [0.29, 0.717) is 0 Å². The molecule has 1 aromatic rings. The highest BCUT2D eigenvalue weighted by Gasteiger charge is 2.15. The van der Waals surface area contributed by atoms with Crippen LogP contribution >= 0.6 is 11.3 Å². The average molecular weight is 355 g/mol.